The maximum absolute atomic E-state index is 4.60. The third-order valence-electron chi connectivity index (χ3n) is 0.726. The molecule has 0 radical (unpaired) electrons. The van der Waals surface area contributed by atoms with Gasteiger partial charge in [0.05, 0.1) is 5.69 Å². The van der Waals surface area contributed by atoms with Gasteiger partial charge in [0.15, 0.2) is 0 Å². The molecule has 0 atom stereocenters. The fourth-order valence-corrected chi connectivity index (χ4v) is 0.510. The molecule has 40 valence electrons. The molecule has 0 amide bonds. The van der Waals surface area contributed by atoms with Crippen molar-refractivity contribution in [3.63, 3.8) is 0 Å². The Morgan fingerprint density at radius 2 is 2.50 bits per heavy atom. The van der Waals surface area contributed by atoms with E-state index in [1.165, 1.54) is 11.7 Å². The summed E-state index contributed by atoms with van der Waals surface area (Å²) in [4.78, 5) is 7.54. The van der Waals surface area contributed by atoms with E-state index in [9.17, 15) is 0 Å². The maximum Gasteiger partial charge on any atom is 0.116 e. The fraction of sp³-hybridized carbons (Fsp3) is 0. The van der Waals surface area contributed by atoms with Crippen LogP contribution in [0.2, 0.25) is 0 Å². The third kappa shape index (κ3) is 1.07. The van der Waals surface area contributed by atoms with Gasteiger partial charge in [0.25, 0.3) is 0 Å². The SMILES string of the molecule is S=Cc1ccncn1. The van der Waals surface area contributed by atoms with E-state index in [2.05, 4.69) is 22.2 Å². The monoisotopic (exact) mass is 124 g/mol. The summed E-state index contributed by atoms with van der Waals surface area (Å²) < 4.78 is 0. The van der Waals surface area contributed by atoms with E-state index in [1.807, 2.05) is 0 Å². The van der Waals surface area contributed by atoms with Crippen molar-refractivity contribution in [1.82, 2.24) is 9.97 Å². The van der Waals surface area contributed by atoms with Gasteiger partial charge < -0.3 is 0 Å². The van der Waals surface area contributed by atoms with E-state index in [1.54, 1.807) is 12.3 Å². The van der Waals surface area contributed by atoms with E-state index in [4.69, 9.17) is 0 Å². The lowest BCUT2D eigenvalue weighted by atomic mass is 10.5. The predicted molar refractivity (Wildman–Crippen MR) is 34.8 cm³/mol. The van der Waals surface area contributed by atoms with Crippen molar-refractivity contribution in [3.05, 3.63) is 24.3 Å². The Bertz CT molecular complexity index is 173. The van der Waals surface area contributed by atoms with E-state index in [0.717, 1.165) is 5.69 Å². The highest BCUT2D eigenvalue weighted by atomic mass is 32.1. The van der Waals surface area contributed by atoms with Gasteiger partial charge in [-0.25, -0.2) is 9.97 Å². The standard InChI is InChI=1S/C5H4N2S/c8-3-5-1-2-6-4-7-5/h1-4H. The van der Waals surface area contributed by atoms with E-state index < -0.39 is 0 Å². The largest absolute Gasteiger partial charge is 0.245 e. The van der Waals surface area contributed by atoms with Crippen LogP contribution in [0.4, 0.5) is 0 Å². The molecule has 0 spiro atoms. The Morgan fingerprint density at radius 3 is 2.88 bits per heavy atom. The summed E-state index contributed by atoms with van der Waals surface area (Å²) in [5, 5.41) is 1.52. The average molecular weight is 124 g/mol. The first-order chi connectivity index (χ1) is 3.93. The molecule has 0 aliphatic carbocycles. The van der Waals surface area contributed by atoms with Crippen LogP contribution in [-0.4, -0.2) is 15.3 Å². The van der Waals surface area contributed by atoms with Crippen molar-refractivity contribution in [2.24, 2.45) is 0 Å². The van der Waals surface area contributed by atoms with Crippen molar-refractivity contribution in [2.45, 2.75) is 0 Å². The lowest BCUT2D eigenvalue weighted by Crippen LogP contribution is -1.82. The van der Waals surface area contributed by atoms with Crippen molar-refractivity contribution in [2.75, 3.05) is 0 Å². The molecule has 1 aromatic rings. The van der Waals surface area contributed by atoms with Crippen LogP contribution in [0.5, 0.6) is 0 Å². The highest BCUT2D eigenvalue weighted by Crippen LogP contribution is 1.83. The summed E-state index contributed by atoms with van der Waals surface area (Å²) in [5.41, 5.74) is 0.787. The lowest BCUT2D eigenvalue weighted by molar-refractivity contribution is 1.16. The molecule has 0 aliphatic rings. The average Bonchev–Trinajstić information content (AvgIpc) is 1.90. The molecule has 0 aromatic carbocycles. The third-order valence-corrected chi connectivity index (χ3v) is 0.967. The molecule has 0 N–H and O–H groups in total. The lowest BCUT2D eigenvalue weighted by Gasteiger charge is -1.82. The van der Waals surface area contributed by atoms with E-state index in [0.29, 0.717) is 0 Å². The Balaban J connectivity index is 2.99. The van der Waals surface area contributed by atoms with Crippen LogP contribution in [0.15, 0.2) is 18.6 Å². The first kappa shape index (κ1) is 5.31. The Hall–Kier alpha value is -0.830. The van der Waals surface area contributed by atoms with Crippen molar-refractivity contribution >= 4 is 17.6 Å². The van der Waals surface area contributed by atoms with Crippen LogP contribution >= 0.6 is 12.2 Å². The quantitative estimate of drug-likeness (QED) is 0.518. The molecule has 1 rings (SSSR count). The Labute approximate surface area is 52.6 Å². The van der Waals surface area contributed by atoms with Crippen molar-refractivity contribution in [3.8, 4) is 0 Å². The van der Waals surface area contributed by atoms with Crippen LogP contribution in [0.25, 0.3) is 0 Å². The molecule has 2 nitrogen and oxygen atoms in total. The summed E-state index contributed by atoms with van der Waals surface area (Å²) in [6, 6.07) is 1.76. The van der Waals surface area contributed by atoms with E-state index in [-0.39, 0.29) is 0 Å². The zero-order chi connectivity index (χ0) is 5.82. The zero-order valence-corrected chi connectivity index (χ0v) is 4.93. The number of nitrogens with zero attached hydrogens (tertiary/aromatic N) is 2. The molecule has 1 heterocycles. The van der Waals surface area contributed by atoms with Crippen molar-refractivity contribution in [1.29, 1.82) is 0 Å². The molecular weight excluding hydrogens is 120 g/mol. The minimum absolute atomic E-state index is 0.787. The van der Waals surface area contributed by atoms with Crippen LogP contribution in [-0.2, 0) is 0 Å². The topological polar surface area (TPSA) is 25.8 Å². The predicted octanol–water partition coefficient (Wildman–Crippen LogP) is 0.824. The smallest absolute Gasteiger partial charge is 0.116 e. The molecule has 3 heteroatoms. The molecule has 1 aromatic heterocycles. The van der Waals surface area contributed by atoms with Crippen LogP contribution in [0.1, 0.15) is 5.69 Å². The number of aromatic nitrogens is 2. The van der Waals surface area contributed by atoms with Gasteiger partial charge in [-0.3, -0.25) is 0 Å². The summed E-state index contributed by atoms with van der Waals surface area (Å²) in [6.07, 6.45) is 3.13. The second-order valence-corrected chi connectivity index (χ2v) is 1.49. The first-order valence-corrected chi connectivity index (χ1v) is 2.62. The fourth-order valence-electron chi connectivity index (χ4n) is 0.371. The molecule has 0 aliphatic heterocycles. The van der Waals surface area contributed by atoms with Gasteiger partial charge in [-0.15, -0.1) is 0 Å². The number of thiocarbonyl (C=S) groups is 1. The summed E-state index contributed by atoms with van der Waals surface area (Å²) in [6.45, 7) is 0. The van der Waals surface area contributed by atoms with Crippen LogP contribution in [0, 0.1) is 0 Å². The molecule has 0 fully saturated rings. The molecule has 8 heavy (non-hydrogen) atoms. The van der Waals surface area contributed by atoms with Crippen LogP contribution < -0.4 is 0 Å². The number of hydrogen-bond acceptors (Lipinski definition) is 3. The molecule has 0 unspecified atom stereocenters. The van der Waals surface area contributed by atoms with Crippen LogP contribution in [0.3, 0.4) is 0 Å². The molecule has 0 saturated heterocycles. The van der Waals surface area contributed by atoms with Gasteiger partial charge in [0.2, 0.25) is 0 Å². The minimum atomic E-state index is 0.787. The van der Waals surface area contributed by atoms with Gasteiger partial charge >= 0.3 is 0 Å². The number of rotatable bonds is 1. The maximum atomic E-state index is 4.60. The Kier molecular flexibility index (Phi) is 1.64. The molecular formula is C5H4N2S. The second-order valence-electron chi connectivity index (χ2n) is 1.25. The van der Waals surface area contributed by atoms with Gasteiger partial charge in [-0.1, -0.05) is 12.2 Å². The van der Waals surface area contributed by atoms with Gasteiger partial charge in [0.1, 0.15) is 6.33 Å². The second kappa shape index (κ2) is 2.47. The number of hydrogen-bond donors (Lipinski definition) is 0. The molecule has 0 saturated carbocycles. The van der Waals surface area contributed by atoms with Crippen molar-refractivity contribution < 1.29 is 0 Å². The zero-order valence-electron chi connectivity index (χ0n) is 4.11. The highest BCUT2D eigenvalue weighted by Gasteiger charge is 1.79. The first-order valence-electron chi connectivity index (χ1n) is 2.14. The summed E-state index contributed by atoms with van der Waals surface area (Å²) >= 11 is 4.60. The highest BCUT2D eigenvalue weighted by molar-refractivity contribution is 7.79. The minimum Gasteiger partial charge on any atom is -0.245 e. The van der Waals surface area contributed by atoms with E-state index >= 15 is 0 Å². The van der Waals surface area contributed by atoms with Gasteiger partial charge in [-0.05, 0) is 6.07 Å². The summed E-state index contributed by atoms with van der Waals surface area (Å²) in [7, 11) is 0. The normalized spacial score (nSPS) is 8.50. The molecule has 0 bridgehead atoms. The van der Waals surface area contributed by atoms with Gasteiger partial charge in [-0.2, -0.15) is 0 Å². The van der Waals surface area contributed by atoms with Gasteiger partial charge in [0, 0.05) is 11.6 Å². The summed E-state index contributed by atoms with van der Waals surface area (Å²) in [5.74, 6) is 0. The Morgan fingerprint density at radius 1 is 1.62 bits per heavy atom.